The second-order valence-electron chi connectivity index (χ2n) is 3.31. The number of carbonyl (C=O) groups is 1. The Morgan fingerprint density at radius 1 is 1.35 bits per heavy atom. The molecule has 1 atom stereocenters. The van der Waals surface area contributed by atoms with Gasteiger partial charge in [-0.15, -0.1) is 0 Å². The quantitative estimate of drug-likeness (QED) is 0.521. The highest BCUT2D eigenvalue weighted by molar-refractivity contribution is 9.12. The first-order valence-electron chi connectivity index (χ1n) is 5.03. The van der Waals surface area contributed by atoms with Crippen LogP contribution in [0.3, 0.4) is 0 Å². The number of hydrogen-bond acceptors (Lipinski definition) is 2. The molecule has 0 aliphatic carbocycles. The van der Waals surface area contributed by atoms with E-state index in [1.807, 2.05) is 24.3 Å². The summed E-state index contributed by atoms with van der Waals surface area (Å²) >= 11 is 11.4. The van der Waals surface area contributed by atoms with E-state index in [1.165, 1.54) is 11.8 Å². The fraction of sp³-hybridized carbons (Fsp3) is 0.364. The molecule has 6 heteroatoms. The van der Waals surface area contributed by atoms with Gasteiger partial charge in [-0.3, -0.25) is 4.79 Å². The molecule has 0 spiro atoms. The molecule has 0 bridgehead atoms. The summed E-state index contributed by atoms with van der Waals surface area (Å²) in [4.78, 5) is 12.9. The van der Waals surface area contributed by atoms with E-state index in [1.54, 1.807) is 0 Å². The minimum absolute atomic E-state index is 0.0124. The van der Waals surface area contributed by atoms with Gasteiger partial charge in [0.15, 0.2) is 0 Å². The molecule has 2 nitrogen and oxygen atoms in total. The Balaban J connectivity index is 2.27. The van der Waals surface area contributed by atoms with Crippen LogP contribution in [0, 0.1) is 0 Å². The van der Waals surface area contributed by atoms with Gasteiger partial charge in [-0.1, -0.05) is 47.8 Å². The minimum atomic E-state index is -0.0124. The predicted molar refractivity (Wildman–Crippen MR) is 84.5 cm³/mol. The number of carbonyl (C=O) groups excluding carboxylic acids is 1. The molecule has 94 valence electrons. The average molecular weight is 446 g/mol. The smallest absolute Gasteiger partial charge is 0.283 e. The largest absolute Gasteiger partial charge is 0.347 e. The van der Waals surface area contributed by atoms with Crippen molar-refractivity contribution < 1.29 is 4.79 Å². The Morgan fingerprint density at radius 2 is 2.00 bits per heavy atom. The van der Waals surface area contributed by atoms with Gasteiger partial charge in [0.2, 0.25) is 0 Å². The molecule has 1 amide bonds. The molecule has 1 aromatic rings. The van der Waals surface area contributed by atoms with Gasteiger partial charge >= 0.3 is 0 Å². The van der Waals surface area contributed by atoms with Crippen LogP contribution in [-0.2, 0) is 0 Å². The third kappa shape index (κ3) is 6.84. The van der Waals surface area contributed by atoms with Gasteiger partial charge in [-0.25, -0.2) is 0 Å². The molecule has 0 aromatic heterocycles. The summed E-state index contributed by atoms with van der Waals surface area (Å²) < 4.78 is 1.02. The molecule has 0 radical (unpaired) electrons. The fourth-order valence-corrected chi connectivity index (χ4v) is 2.53. The van der Waals surface area contributed by atoms with Crippen LogP contribution in [-0.4, -0.2) is 21.9 Å². The van der Waals surface area contributed by atoms with E-state index in [9.17, 15) is 4.79 Å². The van der Waals surface area contributed by atoms with Crippen LogP contribution in [0.5, 0.6) is 0 Å². The Bertz CT molecular complexity index is 358. The van der Waals surface area contributed by atoms with Crippen molar-refractivity contribution in [2.45, 2.75) is 16.1 Å². The summed E-state index contributed by atoms with van der Waals surface area (Å²) in [6, 6.07) is 7.68. The van der Waals surface area contributed by atoms with Gasteiger partial charge in [0.05, 0.1) is 0 Å². The zero-order valence-corrected chi connectivity index (χ0v) is 14.5. The van der Waals surface area contributed by atoms with Crippen molar-refractivity contribution in [2.75, 3.05) is 11.9 Å². The van der Waals surface area contributed by atoms with Gasteiger partial charge < -0.3 is 5.32 Å². The van der Waals surface area contributed by atoms with Crippen molar-refractivity contribution in [3.63, 3.8) is 0 Å². The molecule has 0 saturated carbocycles. The number of alkyl halides is 2. The molecule has 1 unspecified atom stereocenters. The first-order valence-corrected chi connectivity index (χ1v) is 8.67. The number of nitrogens with one attached hydrogen (secondary N) is 1. The van der Waals surface area contributed by atoms with Gasteiger partial charge in [0.1, 0.15) is 0 Å². The van der Waals surface area contributed by atoms with E-state index in [4.69, 9.17) is 0 Å². The number of thioether (sulfide) groups is 1. The van der Waals surface area contributed by atoms with Crippen molar-refractivity contribution in [2.24, 2.45) is 0 Å². The van der Waals surface area contributed by atoms with Gasteiger partial charge in [-0.2, -0.15) is 0 Å². The van der Waals surface area contributed by atoms with E-state index < -0.39 is 0 Å². The number of hydrogen-bond donors (Lipinski definition) is 1. The van der Waals surface area contributed by atoms with Gasteiger partial charge in [0, 0.05) is 26.1 Å². The van der Waals surface area contributed by atoms with E-state index in [-0.39, 0.29) is 5.24 Å². The lowest BCUT2D eigenvalue weighted by Crippen LogP contribution is -2.22. The Morgan fingerprint density at radius 3 is 2.59 bits per heavy atom. The lowest BCUT2D eigenvalue weighted by molar-refractivity contribution is 0.260. The van der Waals surface area contributed by atoms with Crippen LogP contribution < -0.4 is 5.32 Å². The molecule has 0 fully saturated rings. The highest BCUT2D eigenvalue weighted by Crippen LogP contribution is 2.21. The second kappa shape index (κ2) is 8.56. The summed E-state index contributed by atoms with van der Waals surface area (Å²) in [5, 5.41) is 3.75. The molecule has 0 saturated heterocycles. The standard InChI is InChI=1S/C11H12Br3NOS/c12-7-9(14)5-6-15-11(16)17-10-3-1-8(13)2-4-10/h1-4,9H,5-7H2,(H,15,16). The van der Waals surface area contributed by atoms with E-state index in [0.29, 0.717) is 11.4 Å². The monoisotopic (exact) mass is 443 g/mol. The van der Waals surface area contributed by atoms with E-state index in [0.717, 1.165) is 21.1 Å². The maximum absolute atomic E-state index is 11.6. The SMILES string of the molecule is O=C(NCCC(Br)CBr)Sc1ccc(Br)cc1. The summed E-state index contributed by atoms with van der Waals surface area (Å²) in [5.41, 5.74) is 0. The molecular formula is C11H12Br3NOS. The topological polar surface area (TPSA) is 29.1 Å². The highest BCUT2D eigenvalue weighted by atomic mass is 79.9. The first kappa shape index (κ1) is 15.5. The van der Waals surface area contributed by atoms with Crippen molar-refractivity contribution in [3.05, 3.63) is 28.7 Å². The number of amides is 1. The minimum Gasteiger partial charge on any atom is -0.347 e. The molecule has 0 aliphatic heterocycles. The summed E-state index contributed by atoms with van der Waals surface area (Å²) in [7, 11) is 0. The summed E-state index contributed by atoms with van der Waals surface area (Å²) in [5.74, 6) is 0. The van der Waals surface area contributed by atoms with Crippen molar-refractivity contribution in [1.29, 1.82) is 0 Å². The summed E-state index contributed by atoms with van der Waals surface area (Å²) in [6.07, 6.45) is 0.915. The van der Waals surface area contributed by atoms with Crippen LogP contribution in [0.4, 0.5) is 4.79 Å². The lowest BCUT2D eigenvalue weighted by Gasteiger charge is -2.07. The highest BCUT2D eigenvalue weighted by Gasteiger charge is 2.06. The van der Waals surface area contributed by atoms with Crippen molar-refractivity contribution in [3.8, 4) is 0 Å². The van der Waals surface area contributed by atoms with Crippen LogP contribution in [0.15, 0.2) is 33.6 Å². The normalized spacial score (nSPS) is 12.2. The first-order chi connectivity index (χ1) is 8.11. The summed E-state index contributed by atoms with van der Waals surface area (Å²) in [6.45, 7) is 0.684. The van der Waals surface area contributed by atoms with E-state index >= 15 is 0 Å². The van der Waals surface area contributed by atoms with Crippen LogP contribution in [0.2, 0.25) is 0 Å². The average Bonchev–Trinajstić information content (AvgIpc) is 2.32. The Hall–Kier alpha value is 0.480. The zero-order chi connectivity index (χ0) is 12.7. The molecule has 17 heavy (non-hydrogen) atoms. The number of benzene rings is 1. The zero-order valence-electron chi connectivity index (χ0n) is 8.96. The molecule has 1 aromatic carbocycles. The molecule has 0 aliphatic rings. The predicted octanol–water partition coefficient (Wildman–Crippen LogP) is 4.80. The van der Waals surface area contributed by atoms with Crippen LogP contribution in [0.25, 0.3) is 0 Å². The van der Waals surface area contributed by atoms with Crippen LogP contribution in [0.1, 0.15) is 6.42 Å². The molecule has 0 heterocycles. The van der Waals surface area contributed by atoms with E-state index in [2.05, 4.69) is 53.1 Å². The van der Waals surface area contributed by atoms with Gasteiger partial charge in [0.25, 0.3) is 5.24 Å². The fourth-order valence-electron chi connectivity index (χ4n) is 1.05. The maximum atomic E-state index is 11.6. The third-order valence-corrected chi connectivity index (χ3v) is 5.72. The second-order valence-corrected chi connectivity index (χ2v) is 7.21. The lowest BCUT2D eigenvalue weighted by atomic mass is 10.3. The Kier molecular flexibility index (Phi) is 7.82. The van der Waals surface area contributed by atoms with Crippen molar-refractivity contribution in [1.82, 2.24) is 5.32 Å². The Labute approximate surface area is 131 Å². The maximum Gasteiger partial charge on any atom is 0.283 e. The van der Waals surface area contributed by atoms with Gasteiger partial charge in [-0.05, 0) is 42.4 Å². The van der Waals surface area contributed by atoms with Crippen LogP contribution >= 0.6 is 59.6 Å². The third-order valence-electron chi connectivity index (χ3n) is 1.92. The number of rotatable bonds is 5. The number of halogens is 3. The van der Waals surface area contributed by atoms with Crippen molar-refractivity contribution >= 4 is 64.8 Å². The molecule has 1 rings (SSSR count). The molecule has 1 N–H and O–H groups in total. The molecular weight excluding hydrogens is 434 g/mol.